The number of benzene rings is 10. The third-order valence-corrected chi connectivity index (χ3v) is 13.8. The van der Waals surface area contributed by atoms with Crippen molar-refractivity contribution in [3.63, 3.8) is 0 Å². The van der Waals surface area contributed by atoms with Crippen LogP contribution in [0.25, 0.3) is 66.1 Å². The summed E-state index contributed by atoms with van der Waals surface area (Å²) in [6.45, 7) is 0. The smallest absolute Gasteiger partial charge is 0.135 e. The Morgan fingerprint density at radius 1 is 0.246 bits per heavy atom. The number of fused-ring (bicyclic) bond motifs is 16. The van der Waals surface area contributed by atoms with Crippen LogP contribution in [0.5, 0.6) is 0 Å². The van der Waals surface area contributed by atoms with E-state index in [0.717, 1.165) is 78.0 Å². The van der Waals surface area contributed by atoms with Gasteiger partial charge >= 0.3 is 0 Å². The van der Waals surface area contributed by atoms with Crippen molar-refractivity contribution in [1.29, 1.82) is 0 Å². The molecule has 0 saturated carbocycles. The lowest BCUT2D eigenvalue weighted by molar-refractivity contribution is 0.668. The maximum absolute atomic E-state index is 6.31. The minimum atomic E-state index is -0.507. The monoisotopic (exact) mass is 830 g/mol. The molecule has 0 bridgehead atoms. The van der Waals surface area contributed by atoms with Crippen molar-refractivity contribution < 1.29 is 8.83 Å². The number of hydrogen-bond acceptors (Lipinski definition) is 4. The second-order valence-electron chi connectivity index (χ2n) is 17.2. The Morgan fingerprint density at radius 3 is 1.08 bits per heavy atom. The summed E-state index contributed by atoms with van der Waals surface area (Å²) >= 11 is 0. The minimum absolute atomic E-state index is 0.507. The van der Waals surface area contributed by atoms with Crippen molar-refractivity contribution in [2.24, 2.45) is 0 Å². The van der Waals surface area contributed by atoms with Crippen LogP contribution in [0, 0.1) is 0 Å². The molecular formula is C61H38N2O2. The minimum Gasteiger partial charge on any atom is -0.456 e. The van der Waals surface area contributed by atoms with Gasteiger partial charge in [-0.05, 0) is 142 Å². The summed E-state index contributed by atoms with van der Waals surface area (Å²) < 4.78 is 12.6. The van der Waals surface area contributed by atoms with Crippen LogP contribution in [0.3, 0.4) is 0 Å². The van der Waals surface area contributed by atoms with Crippen molar-refractivity contribution in [2.45, 2.75) is 5.41 Å². The van der Waals surface area contributed by atoms with Crippen molar-refractivity contribution in [3.8, 4) is 22.3 Å². The fraction of sp³-hybridized carbons (Fsp3) is 0.0164. The zero-order chi connectivity index (χ0) is 42.6. The average molecular weight is 831 g/mol. The molecule has 0 unspecified atom stereocenters. The highest BCUT2D eigenvalue weighted by atomic mass is 16.3. The van der Waals surface area contributed by atoms with E-state index in [1.165, 1.54) is 44.5 Å². The first-order valence-electron chi connectivity index (χ1n) is 22.2. The zero-order valence-corrected chi connectivity index (χ0v) is 35.2. The first-order chi connectivity index (χ1) is 32.2. The van der Waals surface area contributed by atoms with E-state index in [2.05, 4.69) is 216 Å². The van der Waals surface area contributed by atoms with Gasteiger partial charge in [-0.1, -0.05) is 133 Å². The van der Waals surface area contributed by atoms with Gasteiger partial charge in [-0.15, -0.1) is 0 Å². The van der Waals surface area contributed by atoms with Gasteiger partial charge in [-0.3, -0.25) is 0 Å². The highest BCUT2D eigenvalue weighted by molar-refractivity contribution is 6.08. The van der Waals surface area contributed by atoms with Crippen molar-refractivity contribution in [2.75, 3.05) is 9.80 Å². The molecule has 304 valence electrons. The molecule has 14 rings (SSSR count). The van der Waals surface area contributed by atoms with Crippen molar-refractivity contribution in [3.05, 3.63) is 253 Å². The van der Waals surface area contributed by atoms with Crippen LogP contribution < -0.4 is 9.80 Å². The van der Waals surface area contributed by atoms with E-state index in [0.29, 0.717) is 0 Å². The molecule has 2 aliphatic rings. The fourth-order valence-electron chi connectivity index (χ4n) is 11.2. The first kappa shape index (κ1) is 35.9. The molecule has 0 fully saturated rings. The highest BCUT2D eigenvalue weighted by Crippen LogP contribution is 2.64. The van der Waals surface area contributed by atoms with Gasteiger partial charge in [0.25, 0.3) is 0 Å². The Morgan fingerprint density at radius 2 is 0.600 bits per heavy atom. The van der Waals surface area contributed by atoms with Gasteiger partial charge in [-0.25, -0.2) is 0 Å². The summed E-state index contributed by atoms with van der Waals surface area (Å²) in [5.74, 6) is 0. The number of nitrogens with zero attached hydrogens (tertiary/aromatic N) is 2. The van der Waals surface area contributed by atoms with E-state index in [-0.39, 0.29) is 0 Å². The van der Waals surface area contributed by atoms with E-state index in [4.69, 9.17) is 8.83 Å². The van der Waals surface area contributed by atoms with Crippen LogP contribution in [-0.2, 0) is 5.41 Å². The maximum atomic E-state index is 6.31. The molecule has 2 heterocycles. The summed E-state index contributed by atoms with van der Waals surface area (Å²) in [7, 11) is 0. The molecule has 12 aromatic rings. The average Bonchev–Trinajstić information content (AvgIpc) is 4.10. The van der Waals surface area contributed by atoms with Crippen molar-refractivity contribution >= 4 is 78.0 Å². The quantitative estimate of drug-likeness (QED) is 0.167. The number of anilines is 6. The SMILES string of the molecule is c1ccc(N(c2ccc3c(c2)-c2cc(N(c4ccccc4)c4ccc5oc6ccccc6c5c4)ccc2C32c3ccccc3-c3ccccc32)c2ccc3oc4ccccc4c3c2)cc1. The summed E-state index contributed by atoms with van der Waals surface area (Å²) in [5, 5.41) is 4.40. The molecule has 65 heavy (non-hydrogen) atoms. The topological polar surface area (TPSA) is 32.8 Å². The van der Waals surface area contributed by atoms with E-state index in [9.17, 15) is 0 Å². The van der Waals surface area contributed by atoms with Gasteiger partial charge < -0.3 is 18.6 Å². The fourth-order valence-corrected chi connectivity index (χ4v) is 11.2. The summed E-state index contributed by atoms with van der Waals surface area (Å²) in [6, 6.07) is 83.5. The summed E-state index contributed by atoms with van der Waals surface area (Å²) in [5.41, 5.74) is 19.7. The predicted molar refractivity (Wildman–Crippen MR) is 267 cm³/mol. The molecule has 0 amide bonds. The number of hydrogen-bond donors (Lipinski definition) is 0. The molecule has 4 nitrogen and oxygen atoms in total. The van der Waals surface area contributed by atoms with E-state index in [1.54, 1.807) is 0 Å². The van der Waals surface area contributed by atoms with Gasteiger partial charge in [0.1, 0.15) is 22.3 Å². The number of furan rings is 2. The van der Waals surface area contributed by atoms with Gasteiger partial charge in [-0.2, -0.15) is 0 Å². The third kappa shape index (κ3) is 5.13. The molecule has 0 radical (unpaired) electrons. The second kappa shape index (κ2) is 13.7. The van der Waals surface area contributed by atoms with Crippen LogP contribution in [0.4, 0.5) is 34.1 Å². The third-order valence-electron chi connectivity index (χ3n) is 13.8. The molecule has 2 aliphatic carbocycles. The van der Waals surface area contributed by atoms with Crippen LogP contribution in [-0.4, -0.2) is 0 Å². The molecule has 0 aliphatic heterocycles. The molecule has 0 atom stereocenters. The molecule has 1 spiro atoms. The Hall–Kier alpha value is -8.60. The maximum Gasteiger partial charge on any atom is 0.135 e. The van der Waals surface area contributed by atoms with Crippen LogP contribution in [0.15, 0.2) is 239 Å². The Bertz CT molecular complexity index is 3610. The first-order valence-corrected chi connectivity index (χ1v) is 22.2. The van der Waals surface area contributed by atoms with Crippen LogP contribution in [0.2, 0.25) is 0 Å². The lowest BCUT2D eigenvalue weighted by Crippen LogP contribution is -2.26. The Labute approximate surface area is 375 Å². The lowest BCUT2D eigenvalue weighted by Gasteiger charge is -2.31. The number of rotatable bonds is 6. The van der Waals surface area contributed by atoms with Gasteiger partial charge in [0.15, 0.2) is 0 Å². The molecule has 4 heteroatoms. The van der Waals surface area contributed by atoms with Gasteiger partial charge in [0.05, 0.1) is 5.41 Å². The standard InChI is InChI=1S/C61H38N2O2/c1-3-15-39(16-4-1)62(43-29-33-59-51(37-43)47-21-9-13-25-57(47)64-59)41-27-31-55-49(35-41)50-36-42(28-32-56(50)61(55)53-23-11-7-19-45(53)46-20-8-12-24-54(46)61)63(40-17-5-2-6-18-40)44-30-34-60-52(38-44)48-22-10-14-26-58(48)65-60/h1-38H. The lowest BCUT2D eigenvalue weighted by atomic mass is 9.70. The zero-order valence-electron chi connectivity index (χ0n) is 35.2. The van der Waals surface area contributed by atoms with Crippen LogP contribution >= 0.6 is 0 Å². The Kier molecular flexibility index (Phi) is 7.57. The largest absolute Gasteiger partial charge is 0.456 e. The molecule has 0 N–H and O–H groups in total. The normalized spacial score (nSPS) is 13.0. The van der Waals surface area contributed by atoms with Gasteiger partial charge in [0.2, 0.25) is 0 Å². The van der Waals surface area contributed by atoms with Crippen LogP contribution in [0.1, 0.15) is 22.3 Å². The summed E-state index contributed by atoms with van der Waals surface area (Å²) in [4.78, 5) is 4.76. The predicted octanol–water partition coefficient (Wildman–Crippen LogP) is 16.8. The molecule has 0 saturated heterocycles. The van der Waals surface area contributed by atoms with E-state index < -0.39 is 5.41 Å². The number of para-hydroxylation sites is 4. The van der Waals surface area contributed by atoms with E-state index >= 15 is 0 Å². The molecule has 2 aromatic heterocycles. The summed E-state index contributed by atoms with van der Waals surface area (Å²) in [6.07, 6.45) is 0. The van der Waals surface area contributed by atoms with E-state index in [1.807, 2.05) is 24.3 Å². The molecular weight excluding hydrogens is 793 g/mol. The second-order valence-corrected chi connectivity index (χ2v) is 17.2. The molecule has 10 aromatic carbocycles. The Balaban J connectivity index is 1.02. The highest BCUT2D eigenvalue weighted by Gasteiger charge is 2.51. The van der Waals surface area contributed by atoms with Crippen molar-refractivity contribution in [1.82, 2.24) is 0 Å². The van der Waals surface area contributed by atoms with Gasteiger partial charge in [0, 0.05) is 55.7 Å².